The molecule has 1 saturated heterocycles. The second-order valence-electron chi connectivity index (χ2n) is 9.33. The monoisotopic (exact) mass is 497 g/mol. The lowest BCUT2D eigenvalue weighted by molar-refractivity contribution is -0.131. The van der Waals surface area contributed by atoms with Crippen LogP contribution in [0, 0.1) is 5.92 Å². The molecule has 2 aromatic heterocycles. The zero-order valence-corrected chi connectivity index (χ0v) is 21.3. The third kappa shape index (κ3) is 5.85. The van der Waals surface area contributed by atoms with Crippen molar-refractivity contribution < 1.29 is 4.79 Å². The smallest absolute Gasteiger partial charge is 0.235 e. The van der Waals surface area contributed by atoms with Crippen LogP contribution in [0.25, 0.3) is 11.4 Å². The van der Waals surface area contributed by atoms with Crippen LogP contribution in [0.2, 0.25) is 0 Å². The second kappa shape index (κ2) is 11.5. The van der Waals surface area contributed by atoms with Crippen LogP contribution in [0.3, 0.4) is 0 Å². The number of piperidine rings is 1. The predicted molar refractivity (Wildman–Crippen MR) is 144 cm³/mol. The highest BCUT2D eigenvalue weighted by molar-refractivity contribution is 8.00. The van der Waals surface area contributed by atoms with Gasteiger partial charge in [-0.2, -0.15) is 0 Å². The molecule has 0 saturated carbocycles. The maximum absolute atomic E-state index is 13.4. The third-order valence-corrected chi connectivity index (χ3v) is 7.83. The lowest BCUT2D eigenvalue weighted by atomic mass is 9.90. The number of carbonyl (C=O) groups is 1. The standard InChI is InChI=1S/C29H31N5OS/c1-22(28(35)33-18-14-24(15-19-33)20-23-8-4-2-5-9-23)36-29-32-31-27(26-12-16-30-17-13-26)34(29)21-25-10-6-3-7-11-25/h2-13,16-17,22,24H,14-15,18-21H2,1H3/t22-/m0/s1. The van der Waals surface area contributed by atoms with Crippen molar-refractivity contribution in [3.8, 4) is 11.4 Å². The molecule has 0 radical (unpaired) electrons. The Morgan fingerprint density at radius 1 is 0.917 bits per heavy atom. The minimum absolute atomic E-state index is 0.179. The Kier molecular flexibility index (Phi) is 7.76. The number of carbonyl (C=O) groups excluding carboxylic acids is 1. The molecular weight excluding hydrogens is 466 g/mol. The number of pyridine rings is 1. The summed E-state index contributed by atoms with van der Waals surface area (Å²) in [6.45, 7) is 4.26. The highest BCUT2D eigenvalue weighted by Gasteiger charge is 2.28. The normalized spacial score (nSPS) is 15.1. The van der Waals surface area contributed by atoms with Crippen LogP contribution in [0.4, 0.5) is 0 Å². The SMILES string of the molecule is C[C@H](Sc1nnc(-c2ccncc2)n1Cc1ccccc1)C(=O)N1CCC(Cc2ccccc2)CC1. The average molecular weight is 498 g/mol. The van der Waals surface area contributed by atoms with E-state index < -0.39 is 0 Å². The Bertz CT molecular complexity index is 1250. The van der Waals surface area contributed by atoms with Crippen molar-refractivity contribution in [3.63, 3.8) is 0 Å². The van der Waals surface area contributed by atoms with Crippen LogP contribution in [-0.2, 0) is 17.8 Å². The molecule has 0 aliphatic carbocycles. The number of thioether (sulfide) groups is 1. The molecule has 184 valence electrons. The van der Waals surface area contributed by atoms with E-state index >= 15 is 0 Å². The number of benzene rings is 2. The summed E-state index contributed by atoms with van der Waals surface area (Å²) >= 11 is 1.49. The summed E-state index contributed by atoms with van der Waals surface area (Å²) in [6, 6.07) is 24.8. The molecule has 2 aromatic carbocycles. The maximum atomic E-state index is 13.4. The number of amides is 1. The highest BCUT2D eigenvalue weighted by Crippen LogP contribution is 2.30. The average Bonchev–Trinajstić information content (AvgIpc) is 3.32. The number of rotatable bonds is 8. The summed E-state index contributed by atoms with van der Waals surface area (Å²) in [6.07, 6.45) is 6.71. The summed E-state index contributed by atoms with van der Waals surface area (Å²) in [4.78, 5) is 19.5. The van der Waals surface area contributed by atoms with Crippen LogP contribution < -0.4 is 0 Å². The fourth-order valence-corrected chi connectivity index (χ4v) is 5.70. The van der Waals surface area contributed by atoms with Gasteiger partial charge in [0.25, 0.3) is 0 Å². The molecular formula is C29H31N5OS. The van der Waals surface area contributed by atoms with Crippen molar-refractivity contribution in [2.24, 2.45) is 5.92 Å². The van der Waals surface area contributed by atoms with Crippen LogP contribution in [0.5, 0.6) is 0 Å². The van der Waals surface area contributed by atoms with Crippen LogP contribution in [0.1, 0.15) is 30.9 Å². The zero-order valence-electron chi connectivity index (χ0n) is 20.5. The van der Waals surface area contributed by atoms with E-state index in [1.54, 1.807) is 12.4 Å². The topological polar surface area (TPSA) is 63.9 Å². The maximum Gasteiger partial charge on any atom is 0.235 e. The number of hydrogen-bond acceptors (Lipinski definition) is 5. The van der Waals surface area contributed by atoms with E-state index in [0.29, 0.717) is 12.5 Å². The number of likely N-dealkylation sites (tertiary alicyclic amines) is 1. The van der Waals surface area contributed by atoms with Crippen molar-refractivity contribution >= 4 is 17.7 Å². The van der Waals surface area contributed by atoms with E-state index in [-0.39, 0.29) is 11.2 Å². The van der Waals surface area contributed by atoms with Crippen molar-refractivity contribution in [1.29, 1.82) is 0 Å². The Hall–Kier alpha value is -3.45. The quantitative estimate of drug-likeness (QED) is 0.307. The van der Waals surface area contributed by atoms with Crippen molar-refractivity contribution in [1.82, 2.24) is 24.6 Å². The van der Waals surface area contributed by atoms with Gasteiger partial charge in [-0.1, -0.05) is 72.4 Å². The molecule has 1 aliphatic rings. The van der Waals surface area contributed by atoms with Gasteiger partial charge >= 0.3 is 0 Å². The first kappa shape index (κ1) is 24.3. The molecule has 6 nitrogen and oxygen atoms in total. The van der Waals surface area contributed by atoms with Gasteiger partial charge in [-0.05, 0) is 55.4 Å². The fraction of sp³-hybridized carbons (Fsp3) is 0.310. The summed E-state index contributed by atoms with van der Waals surface area (Å²) in [5.74, 6) is 1.60. The Morgan fingerprint density at radius 3 is 2.22 bits per heavy atom. The van der Waals surface area contributed by atoms with Gasteiger partial charge in [-0.15, -0.1) is 10.2 Å². The van der Waals surface area contributed by atoms with Gasteiger partial charge in [0.15, 0.2) is 11.0 Å². The summed E-state index contributed by atoms with van der Waals surface area (Å²) in [5.41, 5.74) is 3.50. The van der Waals surface area contributed by atoms with E-state index in [1.807, 2.05) is 42.2 Å². The molecule has 36 heavy (non-hydrogen) atoms. The van der Waals surface area contributed by atoms with Crippen molar-refractivity contribution in [3.05, 3.63) is 96.3 Å². The molecule has 1 atom stereocenters. The minimum Gasteiger partial charge on any atom is -0.342 e. The lowest BCUT2D eigenvalue weighted by Crippen LogP contribution is -2.42. The molecule has 0 unspecified atom stereocenters. The number of hydrogen-bond donors (Lipinski definition) is 0. The minimum atomic E-state index is -0.236. The van der Waals surface area contributed by atoms with Gasteiger partial charge < -0.3 is 4.90 Å². The van der Waals surface area contributed by atoms with Gasteiger partial charge in [0.1, 0.15) is 0 Å². The van der Waals surface area contributed by atoms with Gasteiger partial charge in [-0.25, -0.2) is 0 Å². The summed E-state index contributed by atoms with van der Waals surface area (Å²) in [5, 5.41) is 9.52. The van der Waals surface area contributed by atoms with Gasteiger partial charge in [0.05, 0.1) is 11.8 Å². The highest BCUT2D eigenvalue weighted by atomic mass is 32.2. The molecule has 0 bridgehead atoms. The Labute approximate surface area is 216 Å². The molecule has 4 aromatic rings. The molecule has 0 N–H and O–H groups in total. The summed E-state index contributed by atoms with van der Waals surface area (Å²) in [7, 11) is 0. The van der Waals surface area contributed by atoms with Crippen molar-refractivity contribution in [2.45, 2.75) is 43.1 Å². The predicted octanol–water partition coefficient (Wildman–Crippen LogP) is 5.35. The lowest BCUT2D eigenvalue weighted by Gasteiger charge is -2.33. The first-order chi connectivity index (χ1) is 17.7. The number of aromatic nitrogens is 4. The van der Waals surface area contributed by atoms with E-state index in [9.17, 15) is 4.79 Å². The van der Waals surface area contributed by atoms with E-state index in [0.717, 1.165) is 54.5 Å². The Morgan fingerprint density at radius 2 is 1.56 bits per heavy atom. The molecule has 5 rings (SSSR count). The molecule has 0 spiro atoms. The van der Waals surface area contributed by atoms with Gasteiger partial charge in [0, 0.05) is 31.0 Å². The van der Waals surface area contributed by atoms with E-state index in [2.05, 4.69) is 62.2 Å². The van der Waals surface area contributed by atoms with E-state index in [1.165, 1.54) is 17.3 Å². The molecule has 3 heterocycles. The second-order valence-corrected chi connectivity index (χ2v) is 10.6. The molecule has 1 fully saturated rings. The van der Waals surface area contributed by atoms with Crippen molar-refractivity contribution in [2.75, 3.05) is 13.1 Å². The largest absolute Gasteiger partial charge is 0.342 e. The van der Waals surface area contributed by atoms with Crippen LogP contribution in [0.15, 0.2) is 90.3 Å². The van der Waals surface area contributed by atoms with Crippen LogP contribution in [-0.4, -0.2) is 48.9 Å². The number of nitrogens with zero attached hydrogens (tertiary/aromatic N) is 5. The fourth-order valence-electron chi connectivity index (χ4n) is 4.77. The first-order valence-electron chi connectivity index (χ1n) is 12.5. The molecule has 1 aliphatic heterocycles. The summed E-state index contributed by atoms with van der Waals surface area (Å²) < 4.78 is 2.10. The van der Waals surface area contributed by atoms with E-state index in [4.69, 9.17) is 0 Å². The Balaban J connectivity index is 1.26. The first-order valence-corrected chi connectivity index (χ1v) is 13.4. The zero-order chi connectivity index (χ0) is 24.7. The van der Waals surface area contributed by atoms with Gasteiger partial charge in [-0.3, -0.25) is 14.3 Å². The van der Waals surface area contributed by atoms with Crippen LogP contribution >= 0.6 is 11.8 Å². The third-order valence-electron chi connectivity index (χ3n) is 6.76. The van der Waals surface area contributed by atoms with Gasteiger partial charge in [0.2, 0.25) is 5.91 Å². The molecule has 1 amide bonds. The molecule has 7 heteroatoms.